The first-order chi connectivity index (χ1) is 6.20. The van der Waals surface area contributed by atoms with E-state index in [4.69, 9.17) is 0 Å². The van der Waals surface area contributed by atoms with E-state index in [2.05, 4.69) is 18.9 Å². The number of ether oxygens (including phenoxy) is 4. The van der Waals surface area contributed by atoms with Crippen molar-refractivity contribution in [1.29, 1.82) is 0 Å². The number of hydrogen-bond donors (Lipinski definition) is 0. The van der Waals surface area contributed by atoms with Gasteiger partial charge >= 0.3 is 12.3 Å². The van der Waals surface area contributed by atoms with Gasteiger partial charge < -0.3 is 18.9 Å². The lowest BCUT2D eigenvalue weighted by Gasteiger charge is -2.03. The van der Waals surface area contributed by atoms with E-state index in [0.717, 1.165) is 0 Å². The van der Waals surface area contributed by atoms with E-state index >= 15 is 0 Å². The van der Waals surface area contributed by atoms with Gasteiger partial charge in [-0.25, -0.2) is 9.59 Å². The second-order valence-corrected chi connectivity index (χ2v) is 1.88. The van der Waals surface area contributed by atoms with E-state index in [1.54, 1.807) is 6.92 Å². The molecule has 0 unspecified atom stereocenters. The SMILES string of the molecule is CCOC(=O)OC(=O)OCCOC. The summed E-state index contributed by atoms with van der Waals surface area (Å²) in [7, 11) is 1.46. The van der Waals surface area contributed by atoms with Crippen LogP contribution >= 0.6 is 0 Å². The fraction of sp³-hybridized carbons (Fsp3) is 0.714. The average molecular weight is 192 g/mol. The Morgan fingerprint density at radius 2 is 1.69 bits per heavy atom. The minimum Gasteiger partial charge on any atom is -0.434 e. The first-order valence-corrected chi connectivity index (χ1v) is 3.71. The highest BCUT2D eigenvalue weighted by molar-refractivity contribution is 5.76. The van der Waals surface area contributed by atoms with Gasteiger partial charge in [0.2, 0.25) is 0 Å². The van der Waals surface area contributed by atoms with Crippen LogP contribution in [0.3, 0.4) is 0 Å². The summed E-state index contributed by atoms with van der Waals surface area (Å²) in [4.78, 5) is 21.1. The van der Waals surface area contributed by atoms with Gasteiger partial charge in [0.1, 0.15) is 6.61 Å². The van der Waals surface area contributed by atoms with Gasteiger partial charge in [-0.05, 0) is 6.92 Å². The summed E-state index contributed by atoms with van der Waals surface area (Å²) in [6.07, 6.45) is -2.15. The summed E-state index contributed by atoms with van der Waals surface area (Å²) in [5.41, 5.74) is 0. The van der Waals surface area contributed by atoms with Crippen LogP contribution in [0.15, 0.2) is 0 Å². The molecule has 0 aliphatic carbocycles. The standard InChI is InChI=1S/C7H12O6/c1-3-11-6(8)13-7(9)12-5-4-10-2/h3-5H2,1-2H3. The maximum absolute atomic E-state index is 10.6. The van der Waals surface area contributed by atoms with Gasteiger partial charge in [0.05, 0.1) is 13.2 Å². The summed E-state index contributed by atoms with van der Waals surface area (Å²) in [5.74, 6) is 0. The molecule has 13 heavy (non-hydrogen) atoms. The molecule has 76 valence electrons. The van der Waals surface area contributed by atoms with Crippen molar-refractivity contribution in [3.05, 3.63) is 0 Å². The quantitative estimate of drug-likeness (QED) is 0.375. The van der Waals surface area contributed by atoms with Crippen molar-refractivity contribution in [3.8, 4) is 0 Å². The van der Waals surface area contributed by atoms with Gasteiger partial charge in [-0.3, -0.25) is 0 Å². The minimum absolute atomic E-state index is 0.0364. The molecule has 0 aromatic rings. The van der Waals surface area contributed by atoms with Crippen LogP contribution in [0.2, 0.25) is 0 Å². The second kappa shape index (κ2) is 7.35. The molecule has 0 rings (SSSR count). The van der Waals surface area contributed by atoms with Gasteiger partial charge in [-0.1, -0.05) is 0 Å². The van der Waals surface area contributed by atoms with Crippen LogP contribution in [0.25, 0.3) is 0 Å². The van der Waals surface area contributed by atoms with E-state index in [-0.39, 0.29) is 19.8 Å². The molecule has 0 aliphatic heterocycles. The van der Waals surface area contributed by atoms with Gasteiger partial charge in [0.25, 0.3) is 0 Å². The summed E-state index contributed by atoms with van der Waals surface area (Å²) >= 11 is 0. The Morgan fingerprint density at radius 3 is 2.23 bits per heavy atom. The Bertz CT molecular complexity index is 166. The molecule has 0 saturated carbocycles. The van der Waals surface area contributed by atoms with Gasteiger partial charge in [-0.2, -0.15) is 0 Å². The normalized spacial score (nSPS) is 9.08. The zero-order chi connectivity index (χ0) is 10.1. The maximum Gasteiger partial charge on any atom is 0.518 e. The number of carbonyl (C=O) groups excluding carboxylic acids is 2. The molecular weight excluding hydrogens is 180 g/mol. The van der Waals surface area contributed by atoms with Crippen molar-refractivity contribution in [3.63, 3.8) is 0 Å². The van der Waals surface area contributed by atoms with Crippen LogP contribution < -0.4 is 0 Å². The lowest BCUT2D eigenvalue weighted by Crippen LogP contribution is -2.16. The molecule has 0 aromatic heterocycles. The highest BCUT2D eigenvalue weighted by atomic mass is 16.8. The van der Waals surface area contributed by atoms with Gasteiger partial charge in [-0.15, -0.1) is 0 Å². The molecule has 0 saturated heterocycles. The zero-order valence-corrected chi connectivity index (χ0v) is 7.57. The maximum atomic E-state index is 10.6. The molecule has 0 fully saturated rings. The smallest absolute Gasteiger partial charge is 0.434 e. The van der Waals surface area contributed by atoms with E-state index in [0.29, 0.717) is 0 Å². The molecule has 0 atom stereocenters. The number of hydrogen-bond acceptors (Lipinski definition) is 6. The van der Waals surface area contributed by atoms with Gasteiger partial charge in [0, 0.05) is 7.11 Å². The number of methoxy groups -OCH3 is 1. The van der Waals surface area contributed by atoms with E-state index < -0.39 is 12.3 Å². The average Bonchev–Trinajstić information content (AvgIpc) is 2.05. The lowest BCUT2D eigenvalue weighted by atomic mass is 10.8. The minimum atomic E-state index is -1.09. The second-order valence-electron chi connectivity index (χ2n) is 1.88. The Labute approximate surface area is 75.7 Å². The third kappa shape index (κ3) is 7.07. The molecule has 0 radical (unpaired) electrons. The number of rotatable bonds is 4. The van der Waals surface area contributed by atoms with Crippen molar-refractivity contribution >= 4 is 12.3 Å². The lowest BCUT2D eigenvalue weighted by molar-refractivity contribution is 0.0275. The van der Waals surface area contributed by atoms with Crippen molar-refractivity contribution in [1.82, 2.24) is 0 Å². The van der Waals surface area contributed by atoms with Crippen LogP contribution in [-0.4, -0.2) is 39.2 Å². The van der Waals surface area contributed by atoms with E-state index in [1.165, 1.54) is 7.11 Å². The first-order valence-electron chi connectivity index (χ1n) is 3.71. The summed E-state index contributed by atoms with van der Waals surface area (Å²) in [6.45, 7) is 2.02. The zero-order valence-electron chi connectivity index (χ0n) is 7.57. The Balaban J connectivity index is 3.44. The summed E-state index contributed by atoms with van der Waals surface area (Å²) in [5, 5.41) is 0. The van der Waals surface area contributed by atoms with Gasteiger partial charge in [0.15, 0.2) is 0 Å². The molecule has 0 N–H and O–H groups in total. The van der Waals surface area contributed by atoms with Crippen LogP contribution in [0, 0.1) is 0 Å². The molecule has 6 heteroatoms. The molecule has 0 bridgehead atoms. The largest absolute Gasteiger partial charge is 0.518 e. The molecule has 0 heterocycles. The van der Waals surface area contributed by atoms with Crippen molar-refractivity contribution in [2.75, 3.05) is 26.9 Å². The number of carbonyl (C=O) groups is 2. The predicted molar refractivity (Wildman–Crippen MR) is 41.3 cm³/mol. The van der Waals surface area contributed by atoms with Crippen molar-refractivity contribution in [2.45, 2.75) is 6.92 Å². The first kappa shape index (κ1) is 11.7. The summed E-state index contributed by atoms with van der Waals surface area (Å²) < 4.78 is 17.4. The van der Waals surface area contributed by atoms with Crippen LogP contribution in [0.5, 0.6) is 0 Å². The fourth-order valence-electron chi connectivity index (χ4n) is 0.453. The summed E-state index contributed by atoms with van der Waals surface area (Å²) in [6, 6.07) is 0. The fourth-order valence-corrected chi connectivity index (χ4v) is 0.453. The third-order valence-corrected chi connectivity index (χ3v) is 0.936. The molecule has 6 nitrogen and oxygen atoms in total. The highest BCUT2D eigenvalue weighted by Gasteiger charge is 2.11. The Kier molecular flexibility index (Phi) is 6.62. The monoisotopic (exact) mass is 192 g/mol. The van der Waals surface area contributed by atoms with Crippen molar-refractivity contribution < 1.29 is 28.5 Å². The molecule has 0 aliphatic rings. The molecular formula is C7H12O6. The third-order valence-electron chi connectivity index (χ3n) is 0.936. The Morgan fingerprint density at radius 1 is 1.08 bits per heavy atom. The van der Waals surface area contributed by atoms with Crippen LogP contribution in [0.4, 0.5) is 9.59 Å². The predicted octanol–water partition coefficient (Wildman–Crippen LogP) is 0.943. The van der Waals surface area contributed by atoms with E-state index in [1.807, 2.05) is 0 Å². The molecule has 0 spiro atoms. The molecule has 0 amide bonds. The van der Waals surface area contributed by atoms with Crippen LogP contribution in [-0.2, 0) is 18.9 Å². The Hall–Kier alpha value is -1.30. The van der Waals surface area contributed by atoms with E-state index in [9.17, 15) is 9.59 Å². The highest BCUT2D eigenvalue weighted by Crippen LogP contribution is 1.90. The van der Waals surface area contributed by atoms with Crippen LogP contribution in [0.1, 0.15) is 6.92 Å². The topological polar surface area (TPSA) is 71.1 Å². The molecule has 0 aromatic carbocycles. The van der Waals surface area contributed by atoms with Crippen molar-refractivity contribution in [2.24, 2.45) is 0 Å².